The number of carbonyl (C=O) groups excluding carboxylic acids is 2. The third-order valence-corrected chi connectivity index (χ3v) is 1.74. The van der Waals surface area contributed by atoms with Crippen molar-refractivity contribution < 1.29 is 9.59 Å². The van der Waals surface area contributed by atoms with E-state index in [2.05, 4.69) is 5.32 Å². The number of carbonyl (C=O) groups is 2. The lowest BCUT2D eigenvalue weighted by atomic mass is 10.1. The minimum Gasteiger partial charge on any atom is -0.366 e. The van der Waals surface area contributed by atoms with E-state index in [0.717, 1.165) is 0 Å². The molecule has 0 fully saturated rings. The van der Waals surface area contributed by atoms with Gasteiger partial charge in [-0.05, 0) is 11.6 Å². The fraction of sp³-hybridized carbons (Fsp3) is 0.111. The van der Waals surface area contributed by atoms with Crippen LogP contribution < -0.4 is 16.8 Å². The Balaban J connectivity index is 2.84. The Morgan fingerprint density at radius 3 is 2.43 bits per heavy atom. The maximum Gasteiger partial charge on any atom is 0.312 e. The maximum absolute atomic E-state index is 10.9. The smallest absolute Gasteiger partial charge is 0.312 e. The lowest BCUT2D eigenvalue weighted by Crippen LogP contribution is -2.29. The van der Waals surface area contributed by atoms with Gasteiger partial charge in [-0.2, -0.15) is 0 Å². The molecule has 0 spiro atoms. The zero-order valence-electron chi connectivity index (χ0n) is 7.49. The Kier molecular flexibility index (Phi) is 3.06. The average molecular weight is 193 g/mol. The van der Waals surface area contributed by atoms with Crippen LogP contribution in [0.25, 0.3) is 0 Å². The van der Waals surface area contributed by atoms with Crippen molar-refractivity contribution in [1.82, 2.24) is 5.32 Å². The Hall–Kier alpha value is -2.04. The van der Waals surface area contributed by atoms with E-state index in [1.807, 2.05) is 0 Å². The summed E-state index contributed by atoms with van der Waals surface area (Å²) in [6.07, 6.45) is 0. The minimum atomic E-state index is -0.635. The van der Waals surface area contributed by atoms with Gasteiger partial charge in [-0.3, -0.25) is 4.79 Å². The molecule has 14 heavy (non-hydrogen) atoms. The molecule has 0 aliphatic rings. The first-order chi connectivity index (χ1) is 6.61. The monoisotopic (exact) mass is 193 g/mol. The second-order valence-corrected chi connectivity index (χ2v) is 2.74. The second-order valence-electron chi connectivity index (χ2n) is 2.74. The Bertz CT molecular complexity index is 363. The van der Waals surface area contributed by atoms with Crippen LogP contribution in [0.1, 0.15) is 15.9 Å². The van der Waals surface area contributed by atoms with Gasteiger partial charge in [0.2, 0.25) is 5.91 Å². The van der Waals surface area contributed by atoms with Crippen LogP contribution in [0.3, 0.4) is 0 Å². The van der Waals surface area contributed by atoms with Crippen LogP contribution in [-0.4, -0.2) is 11.9 Å². The first-order valence-electron chi connectivity index (χ1n) is 4.02. The van der Waals surface area contributed by atoms with Crippen LogP contribution in [0.15, 0.2) is 24.3 Å². The van der Waals surface area contributed by atoms with Crippen LogP contribution in [0.2, 0.25) is 0 Å². The van der Waals surface area contributed by atoms with Crippen LogP contribution in [0, 0.1) is 0 Å². The molecule has 0 radical (unpaired) electrons. The van der Waals surface area contributed by atoms with Gasteiger partial charge in [0.15, 0.2) is 0 Å². The molecule has 0 aromatic heterocycles. The molecule has 0 aliphatic heterocycles. The lowest BCUT2D eigenvalue weighted by molar-refractivity contribution is 0.0999. The third kappa shape index (κ3) is 2.48. The van der Waals surface area contributed by atoms with Crippen molar-refractivity contribution in [2.45, 2.75) is 6.54 Å². The summed E-state index contributed by atoms with van der Waals surface area (Å²) in [5.41, 5.74) is 11.1. The number of amides is 3. The van der Waals surface area contributed by atoms with Crippen LogP contribution in [0.4, 0.5) is 4.79 Å². The van der Waals surface area contributed by atoms with Crippen molar-refractivity contribution >= 4 is 11.9 Å². The van der Waals surface area contributed by atoms with Gasteiger partial charge in [0.1, 0.15) is 0 Å². The maximum atomic E-state index is 10.9. The van der Waals surface area contributed by atoms with Crippen LogP contribution >= 0.6 is 0 Å². The number of hydrogen-bond acceptors (Lipinski definition) is 2. The molecule has 0 bridgehead atoms. The Morgan fingerprint density at radius 1 is 1.21 bits per heavy atom. The van der Waals surface area contributed by atoms with Crippen molar-refractivity contribution in [3.8, 4) is 0 Å². The highest BCUT2D eigenvalue weighted by molar-refractivity contribution is 5.94. The van der Waals surface area contributed by atoms with Gasteiger partial charge in [-0.1, -0.05) is 18.2 Å². The SMILES string of the molecule is NC(=O)NCc1ccccc1C(N)=O. The van der Waals surface area contributed by atoms with Crippen LogP contribution in [-0.2, 0) is 6.54 Å². The van der Waals surface area contributed by atoms with Crippen molar-refractivity contribution in [3.05, 3.63) is 35.4 Å². The summed E-state index contributed by atoms with van der Waals surface area (Å²) in [5, 5.41) is 2.39. The molecule has 5 nitrogen and oxygen atoms in total. The van der Waals surface area contributed by atoms with E-state index in [9.17, 15) is 9.59 Å². The summed E-state index contributed by atoms with van der Waals surface area (Å²) in [4.78, 5) is 21.4. The third-order valence-electron chi connectivity index (χ3n) is 1.74. The molecule has 0 saturated heterocycles. The molecule has 3 amide bonds. The van der Waals surface area contributed by atoms with Gasteiger partial charge in [-0.15, -0.1) is 0 Å². The predicted molar refractivity (Wildman–Crippen MR) is 51.4 cm³/mol. The van der Waals surface area contributed by atoms with E-state index in [4.69, 9.17) is 11.5 Å². The van der Waals surface area contributed by atoms with E-state index >= 15 is 0 Å². The lowest BCUT2D eigenvalue weighted by Gasteiger charge is -2.05. The fourth-order valence-corrected chi connectivity index (χ4v) is 1.10. The zero-order valence-corrected chi connectivity index (χ0v) is 7.49. The Morgan fingerprint density at radius 2 is 1.86 bits per heavy atom. The Labute approximate surface area is 81.1 Å². The largest absolute Gasteiger partial charge is 0.366 e. The van der Waals surface area contributed by atoms with Crippen LogP contribution in [0.5, 0.6) is 0 Å². The van der Waals surface area contributed by atoms with Gasteiger partial charge < -0.3 is 16.8 Å². The molecule has 0 unspecified atom stereocenters. The van der Waals surface area contributed by atoms with E-state index in [0.29, 0.717) is 11.1 Å². The standard InChI is InChI=1S/C9H11N3O2/c10-8(13)7-4-2-1-3-6(7)5-12-9(11)14/h1-4H,5H2,(H2,10,13)(H3,11,12,14). The molecular formula is C9H11N3O2. The van der Waals surface area contributed by atoms with Gasteiger partial charge >= 0.3 is 6.03 Å². The van der Waals surface area contributed by atoms with Crippen molar-refractivity contribution in [2.75, 3.05) is 0 Å². The van der Waals surface area contributed by atoms with E-state index < -0.39 is 11.9 Å². The number of nitrogens with one attached hydrogen (secondary N) is 1. The second kappa shape index (κ2) is 4.27. The molecule has 0 heterocycles. The summed E-state index contributed by atoms with van der Waals surface area (Å²) in [7, 11) is 0. The van der Waals surface area contributed by atoms with Crippen molar-refractivity contribution in [1.29, 1.82) is 0 Å². The van der Waals surface area contributed by atoms with Crippen molar-refractivity contribution in [3.63, 3.8) is 0 Å². The van der Waals surface area contributed by atoms with Gasteiger partial charge in [0, 0.05) is 12.1 Å². The molecule has 1 aromatic carbocycles. The molecule has 5 N–H and O–H groups in total. The average Bonchev–Trinajstić information content (AvgIpc) is 2.15. The van der Waals surface area contributed by atoms with E-state index in [1.54, 1.807) is 24.3 Å². The molecule has 74 valence electrons. The number of nitrogens with two attached hydrogens (primary N) is 2. The zero-order chi connectivity index (χ0) is 10.6. The summed E-state index contributed by atoms with van der Waals surface area (Å²) in [6.45, 7) is 0.203. The highest BCUT2D eigenvalue weighted by Gasteiger charge is 2.06. The van der Waals surface area contributed by atoms with Gasteiger partial charge in [-0.25, -0.2) is 4.79 Å². The number of benzene rings is 1. The number of rotatable bonds is 3. The topological polar surface area (TPSA) is 98.2 Å². The summed E-state index contributed by atoms with van der Waals surface area (Å²) >= 11 is 0. The minimum absolute atomic E-state index is 0.203. The van der Waals surface area contributed by atoms with Gasteiger partial charge in [0.05, 0.1) is 0 Å². The highest BCUT2D eigenvalue weighted by Crippen LogP contribution is 2.07. The molecule has 0 atom stereocenters. The summed E-state index contributed by atoms with van der Waals surface area (Å²) in [6, 6.07) is 6.12. The predicted octanol–water partition coefficient (Wildman–Crippen LogP) is -0.0462. The highest BCUT2D eigenvalue weighted by atomic mass is 16.2. The first-order valence-corrected chi connectivity index (χ1v) is 4.02. The fourth-order valence-electron chi connectivity index (χ4n) is 1.10. The van der Waals surface area contributed by atoms with Gasteiger partial charge in [0.25, 0.3) is 0 Å². The number of urea groups is 1. The molecule has 1 aromatic rings. The molecule has 1 rings (SSSR count). The quantitative estimate of drug-likeness (QED) is 0.627. The van der Waals surface area contributed by atoms with Crippen molar-refractivity contribution in [2.24, 2.45) is 11.5 Å². The van der Waals surface area contributed by atoms with E-state index in [-0.39, 0.29) is 6.54 Å². The molecule has 5 heteroatoms. The first kappa shape index (κ1) is 10.0. The summed E-state index contributed by atoms with van der Waals surface area (Å²) in [5.74, 6) is -0.521. The molecule has 0 aliphatic carbocycles. The van der Waals surface area contributed by atoms with E-state index in [1.165, 1.54) is 0 Å². The number of hydrogen-bond donors (Lipinski definition) is 3. The summed E-state index contributed by atoms with van der Waals surface area (Å²) < 4.78 is 0. The molecular weight excluding hydrogens is 182 g/mol. The normalized spacial score (nSPS) is 9.43. The number of primary amides is 2. The molecule has 0 saturated carbocycles.